The van der Waals surface area contributed by atoms with E-state index in [0.717, 1.165) is 0 Å². The third-order valence-electron chi connectivity index (χ3n) is 1.74. The molecule has 0 aliphatic rings. The van der Waals surface area contributed by atoms with Crippen LogP contribution in [0.25, 0.3) is 0 Å². The molecule has 0 bridgehead atoms. The summed E-state index contributed by atoms with van der Waals surface area (Å²) in [6.45, 7) is 1.77. The van der Waals surface area contributed by atoms with E-state index in [0.29, 0.717) is 23.4 Å². The lowest BCUT2D eigenvalue weighted by atomic mass is 10.1. The summed E-state index contributed by atoms with van der Waals surface area (Å²) in [4.78, 5) is 0. The van der Waals surface area contributed by atoms with Gasteiger partial charge >= 0.3 is 0 Å². The molecule has 0 aliphatic heterocycles. The van der Waals surface area contributed by atoms with Crippen molar-refractivity contribution in [2.45, 2.75) is 19.8 Å². The molecule has 0 radical (unpaired) electrons. The highest BCUT2D eigenvalue weighted by atomic mass is 35.5. The van der Waals surface area contributed by atoms with Gasteiger partial charge in [0.1, 0.15) is 5.82 Å². The van der Waals surface area contributed by atoms with Crippen molar-refractivity contribution in [3.63, 3.8) is 0 Å². The summed E-state index contributed by atoms with van der Waals surface area (Å²) in [5.41, 5.74) is 0.562. The Morgan fingerprint density at radius 2 is 2.23 bits per heavy atom. The number of rotatable bonds is 2. The van der Waals surface area contributed by atoms with Crippen LogP contribution >= 0.6 is 11.6 Å². The average molecular weight is 197 g/mol. The van der Waals surface area contributed by atoms with E-state index in [-0.39, 0.29) is 5.82 Å². The minimum absolute atomic E-state index is 0.245. The molecule has 13 heavy (non-hydrogen) atoms. The van der Waals surface area contributed by atoms with Gasteiger partial charge in [0.05, 0.1) is 0 Å². The second-order valence-electron chi connectivity index (χ2n) is 2.63. The molecule has 0 aliphatic carbocycles. The van der Waals surface area contributed by atoms with Gasteiger partial charge in [0.2, 0.25) is 0 Å². The molecule has 0 saturated carbocycles. The standard InChI is InChI=1S/C11H10ClF/c1-2-3-4-6-9-10(12)7-5-8-11(9)13/h5,7-8H,4,6H2,1H3. The Morgan fingerprint density at radius 1 is 1.46 bits per heavy atom. The molecule has 0 heterocycles. The lowest BCUT2D eigenvalue weighted by Crippen LogP contribution is -1.90. The molecule has 0 atom stereocenters. The minimum atomic E-state index is -0.245. The second-order valence-corrected chi connectivity index (χ2v) is 3.03. The number of benzene rings is 1. The topological polar surface area (TPSA) is 0 Å². The molecule has 1 rings (SSSR count). The molecule has 0 aromatic heterocycles. The summed E-state index contributed by atoms with van der Waals surface area (Å²) < 4.78 is 13.1. The predicted octanol–water partition coefficient (Wildman–Crippen LogP) is 3.44. The van der Waals surface area contributed by atoms with Gasteiger partial charge in [-0.3, -0.25) is 0 Å². The van der Waals surface area contributed by atoms with Gasteiger partial charge in [0.25, 0.3) is 0 Å². The lowest BCUT2D eigenvalue weighted by Gasteiger charge is -2.02. The zero-order chi connectivity index (χ0) is 9.68. The van der Waals surface area contributed by atoms with Crippen molar-refractivity contribution in [1.29, 1.82) is 0 Å². The van der Waals surface area contributed by atoms with Crippen LogP contribution in [0.15, 0.2) is 18.2 Å². The van der Waals surface area contributed by atoms with Gasteiger partial charge in [0.15, 0.2) is 0 Å². The van der Waals surface area contributed by atoms with Gasteiger partial charge in [-0.2, -0.15) is 0 Å². The molecule has 0 unspecified atom stereocenters. The van der Waals surface area contributed by atoms with Crippen molar-refractivity contribution in [1.82, 2.24) is 0 Å². The summed E-state index contributed by atoms with van der Waals surface area (Å²) in [6.07, 6.45) is 1.23. The highest BCUT2D eigenvalue weighted by Crippen LogP contribution is 2.19. The Kier molecular flexibility index (Phi) is 3.79. The van der Waals surface area contributed by atoms with Crippen LogP contribution in [0.5, 0.6) is 0 Å². The number of halogens is 2. The summed E-state index contributed by atoms with van der Waals surface area (Å²) in [5.74, 6) is 5.39. The van der Waals surface area contributed by atoms with Gasteiger partial charge in [-0.15, -0.1) is 11.8 Å². The maximum absolute atomic E-state index is 13.1. The van der Waals surface area contributed by atoms with Crippen LogP contribution in [0.2, 0.25) is 5.02 Å². The molecule has 0 fully saturated rings. The van der Waals surface area contributed by atoms with Crippen molar-refractivity contribution < 1.29 is 4.39 Å². The quantitative estimate of drug-likeness (QED) is 0.636. The molecule has 0 saturated heterocycles. The Bertz CT molecular complexity index is 327. The zero-order valence-corrected chi connectivity index (χ0v) is 8.16. The van der Waals surface area contributed by atoms with Crippen LogP contribution in [-0.4, -0.2) is 0 Å². The average Bonchev–Trinajstić information content (AvgIpc) is 2.10. The fourth-order valence-corrected chi connectivity index (χ4v) is 1.34. The molecule has 0 nitrogen and oxygen atoms in total. The van der Waals surface area contributed by atoms with Crippen molar-refractivity contribution in [2.24, 2.45) is 0 Å². The fraction of sp³-hybridized carbons (Fsp3) is 0.273. The van der Waals surface area contributed by atoms with E-state index in [1.54, 1.807) is 19.1 Å². The summed E-state index contributed by atoms with van der Waals surface area (Å²) in [6, 6.07) is 4.71. The van der Waals surface area contributed by atoms with E-state index in [9.17, 15) is 4.39 Å². The molecule has 68 valence electrons. The molecule has 2 heteroatoms. The third-order valence-corrected chi connectivity index (χ3v) is 2.09. The Morgan fingerprint density at radius 3 is 2.85 bits per heavy atom. The first-order valence-electron chi connectivity index (χ1n) is 4.08. The third kappa shape index (κ3) is 2.75. The highest BCUT2D eigenvalue weighted by molar-refractivity contribution is 6.31. The zero-order valence-electron chi connectivity index (χ0n) is 7.40. The normalized spacial score (nSPS) is 9.15. The number of hydrogen-bond acceptors (Lipinski definition) is 0. The maximum atomic E-state index is 13.1. The van der Waals surface area contributed by atoms with Crippen LogP contribution in [-0.2, 0) is 6.42 Å². The van der Waals surface area contributed by atoms with Crippen LogP contribution < -0.4 is 0 Å². The van der Waals surface area contributed by atoms with Crippen LogP contribution in [0.1, 0.15) is 18.9 Å². The molecule has 1 aromatic carbocycles. The Balaban J connectivity index is 2.79. The Labute approximate surface area is 82.7 Å². The Hall–Kier alpha value is -1.00. The van der Waals surface area contributed by atoms with Gasteiger partial charge < -0.3 is 0 Å². The first-order chi connectivity index (χ1) is 6.25. The van der Waals surface area contributed by atoms with E-state index >= 15 is 0 Å². The van der Waals surface area contributed by atoms with E-state index in [2.05, 4.69) is 11.8 Å². The van der Waals surface area contributed by atoms with E-state index in [4.69, 9.17) is 11.6 Å². The van der Waals surface area contributed by atoms with Gasteiger partial charge in [-0.05, 0) is 25.5 Å². The first-order valence-corrected chi connectivity index (χ1v) is 4.46. The summed E-state index contributed by atoms with van der Waals surface area (Å²) >= 11 is 5.82. The minimum Gasteiger partial charge on any atom is -0.207 e. The smallest absolute Gasteiger partial charge is 0.127 e. The van der Waals surface area contributed by atoms with Crippen LogP contribution in [0, 0.1) is 17.7 Å². The monoisotopic (exact) mass is 196 g/mol. The van der Waals surface area contributed by atoms with Gasteiger partial charge in [-0.1, -0.05) is 17.7 Å². The van der Waals surface area contributed by atoms with Crippen molar-refractivity contribution in [3.8, 4) is 11.8 Å². The van der Waals surface area contributed by atoms with Crippen LogP contribution in [0.3, 0.4) is 0 Å². The van der Waals surface area contributed by atoms with E-state index < -0.39 is 0 Å². The predicted molar refractivity (Wildman–Crippen MR) is 53.2 cm³/mol. The molecule has 0 spiro atoms. The van der Waals surface area contributed by atoms with E-state index in [1.165, 1.54) is 6.07 Å². The summed E-state index contributed by atoms with van der Waals surface area (Å²) in [7, 11) is 0. The summed E-state index contributed by atoms with van der Waals surface area (Å²) in [5, 5.41) is 0.484. The highest BCUT2D eigenvalue weighted by Gasteiger charge is 2.04. The SMILES string of the molecule is CC#CCCc1c(F)cccc1Cl. The van der Waals surface area contributed by atoms with Gasteiger partial charge in [-0.25, -0.2) is 4.39 Å². The van der Waals surface area contributed by atoms with Gasteiger partial charge in [0, 0.05) is 17.0 Å². The van der Waals surface area contributed by atoms with Crippen molar-refractivity contribution >= 4 is 11.6 Å². The van der Waals surface area contributed by atoms with Crippen molar-refractivity contribution in [3.05, 3.63) is 34.6 Å². The second kappa shape index (κ2) is 4.89. The largest absolute Gasteiger partial charge is 0.207 e. The molecule has 0 N–H and O–H groups in total. The number of hydrogen-bond donors (Lipinski definition) is 0. The van der Waals surface area contributed by atoms with E-state index in [1.807, 2.05) is 0 Å². The fourth-order valence-electron chi connectivity index (χ4n) is 1.08. The lowest BCUT2D eigenvalue weighted by molar-refractivity contribution is 0.610. The first kappa shape index (κ1) is 10.1. The molecule has 1 aromatic rings. The maximum Gasteiger partial charge on any atom is 0.127 e. The molecule has 0 amide bonds. The molecular formula is C11H10ClF. The van der Waals surface area contributed by atoms with Crippen molar-refractivity contribution in [2.75, 3.05) is 0 Å². The van der Waals surface area contributed by atoms with Crippen LogP contribution in [0.4, 0.5) is 4.39 Å². The molecular weight excluding hydrogens is 187 g/mol.